The number of rotatable bonds is 5. The summed E-state index contributed by atoms with van der Waals surface area (Å²) in [6, 6.07) is 5.74. The summed E-state index contributed by atoms with van der Waals surface area (Å²) in [6.45, 7) is 5.86. The second kappa shape index (κ2) is 5.65. The van der Waals surface area contributed by atoms with Crippen molar-refractivity contribution in [2.45, 2.75) is 45.6 Å². The Labute approximate surface area is 108 Å². The van der Waals surface area contributed by atoms with Gasteiger partial charge in [-0.2, -0.15) is 0 Å². The minimum Gasteiger partial charge on any atom is -0.319 e. The Kier molecular flexibility index (Phi) is 4.72. The third-order valence-electron chi connectivity index (χ3n) is 3.38. The minimum absolute atomic E-state index is 0.0632. The van der Waals surface area contributed by atoms with Crippen molar-refractivity contribution in [2.24, 2.45) is 5.73 Å². The van der Waals surface area contributed by atoms with E-state index >= 15 is 0 Å². The SMILES string of the molecule is CCC(N)(CC)C(=O)Cc1ccc(C)cc1Cl. The van der Waals surface area contributed by atoms with Gasteiger partial charge >= 0.3 is 0 Å². The molecule has 1 aromatic carbocycles. The van der Waals surface area contributed by atoms with E-state index in [0.717, 1.165) is 11.1 Å². The first-order valence-corrected chi connectivity index (χ1v) is 6.38. The molecule has 3 heteroatoms. The molecule has 0 radical (unpaired) electrons. The summed E-state index contributed by atoms with van der Waals surface area (Å²) in [7, 11) is 0. The van der Waals surface area contributed by atoms with Crippen molar-refractivity contribution in [3.8, 4) is 0 Å². The number of carbonyl (C=O) groups excluding carboxylic acids is 1. The number of hydrogen-bond acceptors (Lipinski definition) is 2. The molecule has 0 spiro atoms. The van der Waals surface area contributed by atoms with Crippen LogP contribution in [0.5, 0.6) is 0 Å². The van der Waals surface area contributed by atoms with Crippen molar-refractivity contribution in [2.75, 3.05) is 0 Å². The molecule has 1 aromatic rings. The summed E-state index contributed by atoms with van der Waals surface area (Å²) in [5.41, 5.74) is 7.32. The van der Waals surface area contributed by atoms with Gasteiger partial charge in [0.2, 0.25) is 0 Å². The van der Waals surface area contributed by atoms with Crippen LogP contribution in [0.1, 0.15) is 37.8 Å². The highest BCUT2D eigenvalue weighted by atomic mass is 35.5. The van der Waals surface area contributed by atoms with Gasteiger partial charge in [-0.15, -0.1) is 0 Å². The molecule has 17 heavy (non-hydrogen) atoms. The summed E-state index contributed by atoms with van der Waals surface area (Å²) in [5, 5.41) is 0.646. The summed E-state index contributed by atoms with van der Waals surface area (Å²) >= 11 is 6.12. The second-order valence-electron chi connectivity index (χ2n) is 4.56. The molecule has 0 aromatic heterocycles. The maximum absolute atomic E-state index is 12.1. The predicted molar refractivity (Wildman–Crippen MR) is 72.4 cm³/mol. The molecule has 0 amide bonds. The highest BCUT2D eigenvalue weighted by molar-refractivity contribution is 6.31. The molecular formula is C14H20ClNO. The molecule has 0 heterocycles. The standard InChI is InChI=1S/C14H20ClNO/c1-4-14(16,5-2)13(17)9-11-7-6-10(3)8-12(11)15/h6-8H,4-5,9,16H2,1-3H3. The number of Topliss-reactive ketones (excluding diaryl/α,β-unsaturated/α-hetero) is 1. The van der Waals surface area contributed by atoms with Gasteiger partial charge in [0.1, 0.15) is 0 Å². The molecule has 0 fully saturated rings. The number of benzene rings is 1. The molecule has 94 valence electrons. The van der Waals surface area contributed by atoms with Crippen LogP contribution in [0.15, 0.2) is 18.2 Å². The van der Waals surface area contributed by atoms with E-state index in [4.69, 9.17) is 17.3 Å². The smallest absolute Gasteiger partial charge is 0.157 e. The first-order valence-electron chi connectivity index (χ1n) is 6.00. The number of aryl methyl sites for hydroxylation is 1. The van der Waals surface area contributed by atoms with Crippen molar-refractivity contribution in [3.63, 3.8) is 0 Å². The van der Waals surface area contributed by atoms with Crippen LogP contribution in [0.2, 0.25) is 5.02 Å². The number of carbonyl (C=O) groups is 1. The van der Waals surface area contributed by atoms with E-state index in [1.54, 1.807) is 0 Å². The Bertz CT molecular complexity index is 411. The van der Waals surface area contributed by atoms with Crippen LogP contribution in [0, 0.1) is 6.92 Å². The quantitative estimate of drug-likeness (QED) is 0.875. The lowest BCUT2D eigenvalue weighted by Gasteiger charge is -2.25. The average Bonchev–Trinajstić information content (AvgIpc) is 2.31. The maximum Gasteiger partial charge on any atom is 0.157 e. The van der Waals surface area contributed by atoms with E-state index in [0.29, 0.717) is 24.3 Å². The van der Waals surface area contributed by atoms with Gasteiger partial charge in [-0.05, 0) is 37.0 Å². The number of hydrogen-bond donors (Lipinski definition) is 1. The molecule has 0 atom stereocenters. The molecule has 1 rings (SSSR count). The van der Waals surface area contributed by atoms with E-state index in [1.165, 1.54) is 0 Å². The topological polar surface area (TPSA) is 43.1 Å². The third kappa shape index (κ3) is 3.30. The molecule has 2 nitrogen and oxygen atoms in total. The largest absolute Gasteiger partial charge is 0.319 e. The molecule has 2 N–H and O–H groups in total. The Hall–Kier alpha value is -0.860. The number of nitrogens with two attached hydrogens (primary N) is 1. The molecule has 0 aliphatic rings. The molecule has 0 aliphatic carbocycles. The maximum atomic E-state index is 12.1. The van der Waals surface area contributed by atoms with Crippen LogP contribution in [0.3, 0.4) is 0 Å². The van der Waals surface area contributed by atoms with Gasteiger partial charge in [0.05, 0.1) is 5.54 Å². The zero-order valence-corrected chi connectivity index (χ0v) is 11.5. The van der Waals surface area contributed by atoms with Gasteiger partial charge in [-0.1, -0.05) is 37.6 Å². The molecule has 0 bridgehead atoms. The molecule has 0 saturated carbocycles. The number of ketones is 1. The summed E-state index contributed by atoms with van der Waals surface area (Å²) in [5.74, 6) is 0.0632. The number of halogens is 1. The molecular weight excluding hydrogens is 234 g/mol. The van der Waals surface area contributed by atoms with Crippen molar-refractivity contribution in [3.05, 3.63) is 34.3 Å². The van der Waals surface area contributed by atoms with Gasteiger partial charge < -0.3 is 5.73 Å². The summed E-state index contributed by atoms with van der Waals surface area (Å²) in [4.78, 5) is 12.1. The van der Waals surface area contributed by atoms with Crippen LogP contribution < -0.4 is 5.73 Å². The Morgan fingerprint density at radius 2 is 1.94 bits per heavy atom. The van der Waals surface area contributed by atoms with Crippen molar-refractivity contribution in [1.82, 2.24) is 0 Å². The summed E-state index contributed by atoms with van der Waals surface area (Å²) < 4.78 is 0. The fourth-order valence-corrected chi connectivity index (χ4v) is 2.09. The van der Waals surface area contributed by atoms with E-state index in [-0.39, 0.29) is 5.78 Å². The minimum atomic E-state index is -0.714. The van der Waals surface area contributed by atoms with E-state index in [9.17, 15) is 4.79 Å². The Balaban J connectivity index is 2.88. The highest BCUT2D eigenvalue weighted by Gasteiger charge is 2.29. The molecule has 0 unspecified atom stereocenters. The lowest BCUT2D eigenvalue weighted by molar-refractivity contribution is -0.123. The van der Waals surface area contributed by atoms with Gasteiger partial charge in [0.25, 0.3) is 0 Å². The van der Waals surface area contributed by atoms with Gasteiger partial charge in [0, 0.05) is 11.4 Å². The fourth-order valence-electron chi connectivity index (χ4n) is 1.79. The average molecular weight is 254 g/mol. The Morgan fingerprint density at radius 1 is 1.35 bits per heavy atom. The van der Waals surface area contributed by atoms with Crippen molar-refractivity contribution >= 4 is 17.4 Å². The van der Waals surface area contributed by atoms with Gasteiger partial charge in [0.15, 0.2) is 5.78 Å². The van der Waals surface area contributed by atoms with Crippen molar-refractivity contribution < 1.29 is 4.79 Å². The molecule has 0 saturated heterocycles. The van der Waals surface area contributed by atoms with Crippen LogP contribution in [-0.4, -0.2) is 11.3 Å². The predicted octanol–water partition coefficient (Wildman–Crippen LogP) is 3.28. The van der Waals surface area contributed by atoms with E-state index in [2.05, 4.69) is 0 Å². The monoisotopic (exact) mass is 253 g/mol. The Morgan fingerprint density at radius 3 is 2.41 bits per heavy atom. The van der Waals surface area contributed by atoms with Gasteiger partial charge in [-0.3, -0.25) is 4.79 Å². The van der Waals surface area contributed by atoms with E-state index < -0.39 is 5.54 Å². The second-order valence-corrected chi connectivity index (χ2v) is 4.97. The van der Waals surface area contributed by atoms with Crippen LogP contribution in [-0.2, 0) is 11.2 Å². The van der Waals surface area contributed by atoms with Crippen molar-refractivity contribution in [1.29, 1.82) is 0 Å². The highest BCUT2D eigenvalue weighted by Crippen LogP contribution is 2.22. The van der Waals surface area contributed by atoms with Crippen LogP contribution in [0.4, 0.5) is 0 Å². The van der Waals surface area contributed by atoms with E-state index in [1.807, 2.05) is 39.0 Å². The van der Waals surface area contributed by atoms with Crippen LogP contribution >= 0.6 is 11.6 Å². The third-order valence-corrected chi connectivity index (χ3v) is 3.73. The first kappa shape index (κ1) is 14.2. The summed E-state index contributed by atoms with van der Waals surface area (Å²) in [6.07, 6.45) is 1.63. The zero-order chi connectivity index (χ0) is 13.1. The normalized spacial score (nSPS) is 11.6. The molecule has 0 aliphatic heterocycles. The zero-order valence-electron chi connectivity index (χ0n) is 10.7. The first-order chi connectivity index (χ1) is 7.92. The lowest BCUT2D eigenvalue weighted by atomic mass is 9.86. The lowest BCUT2D eigenvalue weighted by Crippen LogP contribution is -2.47. The fraction of sp³-hybridized carbons (Fsp3) is 0.500. The van der Waals surface area contributed by atoms with Gasteiger partial charge in [-0.25, -0.2) is 0 Å². The van der Waals surface area contributed by atoms with Crippen LogP contribution in [0.25, 0.3) is 0 Å².